The molecule has 4 nitrogen and oxygen atoms in total. The molecular formula is C14H13BrFN3O. The van der Waals surface area contributed by atoms with Crippen LogP contribution in [0.2, 0.25) is 0 Å². The molecule has 1 unspecified atom stereocenters. The Morgan fingerprint density at radius 2 is 2.05 bits per heavy atom. The summed E-state index contributed by atoms with van der Waals surface area (Å²) in [7, 11) is 0. The summed E-state index contributed by atoms with van der Waals surface area (Å²) >= 11 is 3.35. The number of nitrogens with one attached hydrogen (secondary N) is 1. The number of amides is 1. The number of carbonyl (C=O) groups excluding carboxylic acids is 1. The van der Waals surface area contributed by atoms with Crippen LogP contribution in [0.25, 0.3) is 0 Å². The van der Waals surface area contributed by atoms with Gasteiger partial charge in [-0.15, -0.1) is 0 Å². The summed E-state index contributed by atoms with van der Waals surface area (Å²) in [4.78, 5) is 15.7. The van der Waals surface area contributed by atoms with Crippen LogP contribution in [0.1, 0.15) is 28.9 Å². The zero-order chi connectivity index (χ0) is 14.7. The molecule has 0 spiro atoms. The van der Waals surface area contributed by atoms with Gasteiger partial charge in [0.2, 0.25) is 0 Å². The maximum atomic E-state index is 13.1. The molecule has 1 atom stereocenters. The van der Waals surface area contributed by atoms with E-state index in [4.69, 9.17) is 5.73 Å². The first-order chi connectivity index (χ1) is 9.47. The van der Waals surface area contributed by atoms with E-state index >= 15 is 0 Å². The zero-order valence-electron chi connectivity index (χ0n) is 10.7. The lowest BCUT2D eigenvalue weighted by molar-refractivity contribution is 0.0940. The summed E-state index contributed by atoms with van der Waals surface area (Å²) < 4.78 is 14.1. The lowest BCUT2D eigenvalue weighted by Gasteiger charge is -2.15. The summed E-state index contributed by atoms with van der Waals surface area (Å²) in [5, 5.41) is 2.76. The highest BCUT2D eigenvalue weighted by Crippen LogP contribution is 2.18. The number of rotatable bonds is 3. The van der Waals surface area contributed by atoms with Crippen molar-refractivity contribution in [3.05, 3.63) is 57.9 Å². The van der Waals surface area contributed by atoms with Crippen molar-refractivity contribution in [2.75, 3.05) is 5.73 Å². The van der Waals surface area contributed by atoms with Gasteiger partial charge in [-0.05, 0) is 30.7 Å². The maximum absolute atomic E-state index is 13.1. The molecule has 1 amide bonds. The molecule has 0 aliphatic heterocycles. The van der Waals surface area contributed by atoms with E-state index in [1.54, 1.807) is 0 Å². The lowest BCUT2D eigenvalue weighted by Crippen LogP contribution is -2.27. The molecular weight excluding hydrogens is 325 g/mol. The SMILES string of the molecule is CC(NC(=O)c1cc(F)cnc1N)c1ccc(Br)cc1. The summed E-state index contributed by atoms with van der Waals surface area (Å²) in [5.74, 6) is -1.04. The fraction of sp³-hybridized carbons (Fsp3) is 0.143. The van der Waals surface area contributed by atoms with Crippen molar-refractivity contribution in [3.8, 4) is 0 Å². The molecule has 0 saturated heterocycles. The van der Waals surface area contributed by atoms with Gasteiger partial charge in [-0.3, -0.25) is 4.79 Å². The molecule has 1 aromatic heterocycles. The van der Waals surface area contributed by atoms with E-state index in [-0.39, 0.29) is 17.4 Å². The first-order valence-electron chi connectivity index (χ1n) is 5.94. The van der Waals surface area contributed by atoms with Crippen LogP contribution in [-0.4, -0.2) is 10.9 Å². The number of nitrogen functional groups attached to an aromatic ring is 1. The molecule has 20 heavy (non-hydrogen) atoms. The van der Waals surface area contributed by atoms with Crippen molar-refractivity contribution < 1.29 is 9.18 Å². The van der Waals surface area contributed by atoms with E-state index in [9.17, 15) is 9.18 Å². The third-order valence-corrected chi connectivity index (χ3v) is 3.38. The predicted molar refractivity (Wildman–Crippen MR) is 78.6 cm³/mol. The molecule has 0 radical (unpaired) electrons. The summed E-state index contributed by atoms with van der Waals surface area (Å²) in [5.41, 5.74) is 6.55. The first kappa shape index (κ1) is 14.5. The minimum Gasteiger partial charge on any atom is -0.383 e. The van der Waals surface area contributed by atoms with Gasteiger partial charge in [0.15, 0.2) is 0 Å². The molecule has 2 aromatic rings. The number of hydrogen-bond donors (Lipinski definition) is 2. The molecule has 6 heteroatoms. The first-order valence-corrected chi connectivity index (χ1v) is 6.74. The number of hydrogen-bond acceptors (Lipinski definition) is 3. The molecule has 0 fully saturated rings. The number of benzene rings is 1. The number of carbonyl (C=O) groups is 1. The Labute approximate surface area is 124 Å². The van der Waals surface area contributed by atoms with Crippen molar-refractivity contribution in [1.29, 1.82) is 0 Å². The zero-order valence-corrected chi connectivity index (χ0v) is 12.3. The minimum atomic E-state index is -0.597. The number of pyridine rings is 1. The second-order valence-corrected chi connectivity index (χ2v) is 5.25. The molecule has 0 aliphatic rings. The van der Waals surface area contributed by atoms with Crippen LogP contribution in [0.3, 0.4) is 0 Å². The Balaban J connectivity index is 2.15. The van der Waals surface area contributed by atoms with Crippen molar-refractivity contribution in [3.63, 3.8) is 0 Å². The van der Waals surface area contributed by atoms with E-state index < -0.39 is 11.7 Å². The Bertz CT molecular complexity index is 631. The van der Waals surface area contributed by atoms with Crippen LogP contribution >= 0.6 is 15.9 Å². The van der Waals surface area contributed by atoms with Crippen molar-refractivity contribution >= 4 is 27.7 Å². The average Bonchev–Trinajstić information content (AvgIpc) is 2.42. The van der Waals surface area contributed by atoms with E-state index in [1.165, 1.54) is 0 Å². The largest absolute Gasteiger partial charge is 0.383 e. The Kier molecular flexibility index (Phi) is 4.34. The molecule has 2 rings (SSSR count). The minimum absolute atomic E-state index is 0.00639. The van der Waals surface area contributed by atoms with Crippen LogP contribution in [0.5, 0.6) is 0 Å². The standard InChI is InChI=1S/C14H13BrFN3O/c1-8(9-2-4-10(15)5-3-9)19-14(20)12-6-11(16)7-18-13(12)17/h2-8H,1H3,(H2,17,18)(H,19,20). The van der Waals surface area contributed by atoms with Gasteiger partial charge >= 0.3 is 0 Å². The molecule has 104 valence electrons. The van der Waals surface area contributed by atoms with Crippen LogP contribution in [0.4, 0.5) is 10.2 Å². The topological polar surface area (TPSA) is 68.0 Å². The average molecular weight is 338 g/mol. The Morgan fingerprint density at radius 3 is 2.70 bits per heavy atom. The van der Waals surface area contributed by atoms with Gasteiger partial charge in [0.05, 0.1) is 17.8 Å². The highest BCUT2D eigenvalue weighted by atomic mass is 79.9. The van der Waals surface area contributed by atoms with Crippen molar-refractivity contribution in [2.24, 2.45) is 0 Å². The quantitative estimate of drug-likeness (QED) is 0.904. The molecule has 0 bridgehead atoms. The fourth-order valence-electron chi connectivity index (χ4n) is 1.74. The van der Waals surface area contributed by atoms with E-state index in [0.717, 1.165) is 22.3 Å². The van der Waals surface area contributed by atoms with Crippen LogP contribution in [0, 0.1) is 5.82 Å². The van der Waals surface area contributed by atoms with E-state index in [0.29, 0.717) is 0 Å². The third kappa shape index (κ3) is 3.33. The van der Waals surface area contributed by atoms with Gasteiger partial charge in [-0.1, -0.05) is 28.1 Å². The Hall–Kier alpha value is -1.95. The fourth-order valence-corrected chi connectivity index (χ4v) is 2.01. The van der Waals surface area contributed by atoms with Gasteiger partial charge < -0.3 is 11.1 Å². The summed E-state index contributed by atoms with van der Waals surface area (Å²) in [6, 6.07) is 8.40. The number of anilines is 1. The normalized spacial score (nSPS) is 11.9. The van der Waals surface area contributed by atoms with Crippen LogP contribution in [-0.2, 0) is 0 Å². The lowest BCUT2D eigenvalue weighted by atomic mass is 10.1. The molecule has 0 saturated carbocycles. The third-order valence-electron chi connectivity index (χ3n) is 2.85. The predicted octanol–water partition coefficient (Wildman–Crippen LogP) is 3.06. The van der Waals surface area contributed by atoms with Crippen molar-refractivity contribution in [1.82, 2.24) is 10.3 Å². The number of nitrogens with zero attached hydrogens (tertiary/aromatic N) is 1. The van der Waals surface area contributed by atoms with E-state index in [2.05, 4.69) is 26.2 Å². The number of halogens is 2. The monoisotopic (exact) mass is 337 g/mol. The van der Waals surface area contributed by atoms with Gasteiger partial charge in [-0.25, -0.2) is 9.37 Å². The molecule has 0 aliphatic carbocycles. The second-order valence-electron chi connectivity index (χ2n) is 4.33. The number of aromatic nitrogens is 1. The maximum Gasteiger partial charge on any atom is 0.255 e. The second kappa shape index (κ2) is 6.00. The Morgan fingerprint density at radius 1 is 1.40 bits per heavy atom. The summed E-state index contributed by atoms with van der Waals surface area (Å²) in [6.45, 7) is 1.84. The van der Waals surface area contributed by atoms with Crippen molar-refractivity contribution in [2.45, 2.75) is 13.0 Å². The number of nitrogens with two attached hydrogens (primary N) is 1. The smallest absolute Gasteiger partial charge is 0.255 e. The van der Waals surface area contributed by atoms with E-state index in [1.807, 2.05) is 31.2 Å². The van der Waals surface area contributed by atoms with Gasteiger partial charge in [0, 0.05) is 4.47 Å². The summed E-state index contributed by atoms with van der Waals surface area (Å²) in [6.07, 6.45) is 0.976. The molecule has 3 N–H and O–H groups in total. The van der Waals surface area contributed by atoms with Gasteiger partial charge in [-0.2, -0.15) is 0 Å². The van der Waals surface area contributed by atoms with Gasteiger partial charge in [0.25, 0.3) is 5.91 Å². The molecule has 1 heterocycles. The van der Waals surface area contributed by atoms with Crippen LogP contribution < -0.4 is 11.1 Å². The van der Waals surface area contributed by atoms with Crippen LogP contribution in [0.15, 0.2) is 41.0 Å². The highest BCUT2D eigenvalue weighted by Gasteiger charge is 2.15. The highest BCUT2D eigenvalue weighted by molar-refractivity contribution is 9.10. The molecule has 1 aromatic carbocycles. The van der Waals surface area contributed by atoms with Gasteiger partial charge in [0.1, 0.15) is 11.6 Å².